The molecule has 0 atom stereocenters. The van der Waals surface area contributed by atoms with E-state index in [1.807, 2.05) is 6.92 Å². The Morgan fingerprint density at radius 1 is 1.06 bits per heavy atom. The second-order valence-corrected chi connectivity index (χ2v) is 7.02. The molecule has 1 aromatic heterocycles. The fraction of sp³-hybridized carbons (Fsp3) is 0.273. The highest BCUT2D eigenvalue weighted by molar-refractivity contribution is 6.31. The molecule has 0 saturated carbocycles. The normalized spacial score (nSPS) is 10.4. The fourth-order valence-corrected chi connectivity index (χ4v) is 2.90. The molecule has 10 nitrogen and oxygen atoms in total. The predicted molar refractivity (Wildman–Crippen MR) is 118 cm³/mol. The van der Waals surface area contributed by atoms with Crippen molar-refractivity contribution in [2.75, 3.05) is 26.1 Å². The number of anilines is 1. The van der Waals surface area contributed by atoms with Gasteiger partial charge in [-0.25, -0.2) is 4.79 Å². The highest BCUT2D eigenvalue weighted by Gasteiger charge is 2.16. The Hall–Kier alpha value is -3.79. The number of rotatable bonds is 10. The first-order chi connectivity index (χ1) is 15.9. The molecule has 0 aliphatic rings. The molecule has 0 bridgehead atoms. The zero-order valence-electron chi connectivity index (χ0n) is 18.2. The van der Waals surface area contributed by atoms with Gasteiger partial charge in [0.2, 0.25) is 0 Å². The molecule has 0 fully saturated rings. The van der Waals surface area contributed by atoms with Gasteiger partial charge in [0, 0.05) is 11.4 Å². The second-order valence-electron chi connectivity index (χ2n) is 6.58. The van der Waals surface area contributed by atoms with Crippen molar-refractivity contribution in [3.63, 3.8) is 0 Å². The van der Waals surface area contributed by atoms with Gasteiger partial charge in [0.25, 0.3) is 11.8 Å². The molecule has 11 heteroatoms. The maximum absolute atomic E-state index is 12.3. The maximum atomic E-state index is 12.3. The third-order valence-corrected chi connectivity index (χ3v) is 4.58. The number of amides is 1. The van der Waals surface area contributed by atoms with Gasteiger partial charge in [-0.1, -0.05) is 23.7 Å². The molecule has 2 aromatic carbocycles. The summed E-state index contributed by atoms with van der Waals surface area (Å²) in [5, 5.41) is 6.85. The van der Waals surface area contributed by atoms with Crippen molar-refractivity contribution in [1.82, 2.24) is 10.1 Å². The van der Waals surface area contributed by atoms with Crippen LogP contribution in [0.5, 0.6) is 17.2 Å². The van der Waals surface area contributed by atoms with Gasteiger partial charge in [0.15, 0.2) is 30.5 Å². The van der Waals surface area contributed by atoms with Crippen LogP contribution >= 0.6 is 11.6 Å². The number of halogens is 1. The Morgan fingerprint density at radius 3 is 2.52 bits per heavy atom. The molecule has 0 unspecified atom stereocenters. The minimum absolute atomic E-state index is 0.153. The number of hydrogen-bond acceptors (Lipinski definition) is 9. The number of carbonyl (C=O) groups excluding carboxylic acids is 2. The Bertz CT molecular complexity index is 1130. The second kappa shape index (κ2) is 11.2. The molecular weight excluding hydrogens is 454 g/mol. The molecule has 0 spiro atoms. The SMILES string of the molecule is CCc1noc(COC(=O)c2ccc(OCC(=O)Nc3cc(Cl)ccc3OC)c(OC)c2)n1. The molecular formula is C22H22ClN3O7. The maximum Gasteiger partial charge on any atom is 0.338 e. The van der Waals surface area contributed by atoms with E-state index in [0.717, 1.165) is 0 Å². The summed E-state index contributed by atoms with van der Waals surface area (Å²) in [6.45, 7) is 1.42. The van der Waals surface area contributed by atoms with Gasteiger partial charge >= 0.3 is 5.97 Å². The van der Waals surface area contributed by atoms with Gasteiger partial charge in [0.1, 0.15) is 5.75 Å². The first-order valence-corrected chi connectivity index (χ1v) is 10.2. The lowest BCUT2D eigenvalue weighted by Crippen LogP contribution is -2.20. The number of esters is 1. The Balaban J connectivity index is 1.59. The van der Waals surface area contributed by atoms with E-state index < -0.39 is 11.9 Å². The van der Waals surface area contributed by atoms with Crippen molar-refractivity contribution >= 4 is 29.2 Å². The molecule has 1 amide bonds. The number of hydrogen-bond donors (Lipinski definition) is 1. The van der Waals surface area contributed by atoms with Gasteiger partial charge in [-0.3, -0.25) is 4.79 Å². The van der Waals surface area contributed by atoms with Crippen LogP contribution < -0.4 is 19.5 Å². The monoisotopic (exact) mass is 475 g/mol. The lowest BCUT2D eigenvalue weighted by Gasteiger charge is -2.13. The minimum atomic E-state index is -0.609. The lowest BCUT2D eigenvalue weighted by molar-refractivity contribution is -0.118. The zero-order chi connectivity index (χ0) is 23.8. The van der Waals surface area contributed by atoms with E-state index in [0.29, 0.717) is 28.7 Å². The van der Waals surface area contributed by atoms with Crippen molar-refractivity contribution in [3.8, 4) is 17.2 Å². The van der Waals surface area contributed by atoms with Crippen LogP contribution in [0.2, 0.25) is 5.02 Å². The van der Waals surface area contributed by atoms with E-state index in [1.165, 1.54) is 32.4 Å². The summed E-state index contributed by atoms with van der Waals surface area (Å²) in [7, 11) is 2.90. The average Bonchev–Trinajstić information content (AvgIpc) is 3.29. The number of benzene rings is 2. The molecule has 0 aliphatic heterocycles. The van der Waals surface area contributed by atoms with Crippen LogP contribution in [0.3, 0.4) is 0 Å². The van der Waals surface area contributed by atoms with Crippen molar-refractivity contribution in [2.24, 2.45) is 0 Å². The Labute approximate surface area is 194 Å². The summed E-state index contributed by atoms with van der Waals surface area (Å²) in [5.41, 5.74) is 0.638. The lowest BCUT2D eigenvalue weighted by atomic mass is 10.2. The van der Waals surface area contributed by atoms with E-state index in [4.69, 9.17) is 35.1 Å². The quantitative estimate of drug-likeness (QED) is 0.437. The van der Waals surface area contributed by atoms with Gasteiger partial charge in [-0.15, -0.1) is 0 Å². The molecule has 0 radical (unpaired) electrons. The summed E-state index contributed by atoms with van der Waals surface area (Å²) >= 11 is 5.97. The van der Waals surface area contributed by atoms with Crippen molar-refractivity contribution < 1.29 is 33.1 Å². The van der Waals surface area contributed by atoms with E-state index in [9.17, 15) is 9.59 Å². The van der Waals surface area contributed by atoms with Crippen LogP contribution in [-0.2, 0) is 22.6 Å². The highest BCUT2D eigenvalue weighted by Crippen LogP contribution is 2.30. The first kappa shape index (κ1) is 23.9. The van der Waals surface area contributed by atoms with Gasteiger partial charge < -0.3 is 28.8 Å². The zero-order valence-corrected chi connectivity index (χ0v) is 19.0. The molecule has 1 heterocycles. The van der Waals surface area contributed by atoms with E-state index in [2.05, 4.69) is 15.5 Å². The van der Waals surface area contributed by atoms with E-state index >= 15 is 0 Å². The molecule has 3 aromatic rings. The summed E-state index contributed by atoms with van der Waals surface area (Å²) in [6, 6.07) is 9.29. The summed E-state index contributed by atoms with van der Waals surface area (Å²) in [5.74, 6) is 0.667. The molecule has 3 rings (SSSR count). The van der Waals surface area contributed by atoms with Crippen molar-refractivity contribution in [2.45, 2.75) is 20.0 Å². The van der Waals surface area contributed by atoms with Crippen molar-refractivity contribution in [1.29, 1.82) is 0 Å². The van der Waals surface area contributed by atoms with Crippen LogP contribution in [-0.4, -0.2) is 42.8 Å². The smallest absolute Gasteiger partial charge is 0.338 e. The fourth-order valence-electron chi connectivity index (χ4n) is 2.72. The minimum Gasteiger partial charge on any atom is -0.495 e. The molecule has 174 valence electrons. The van der Waals surface area contributed by atoms with Gasteiger partial charge in [-0.2, -0.15) is 4.98 Å². The van der Waals surface area contributed by atoms with Crippen LogP contribution in [0.4, 0.5) is 5.69 Å². The molecule has 0 saturated heterocycles. The number of methoxy groups -OCH3 is 2. The first-order valence-electron chi connectivity index (χ1n) is 9.86. The topological polar surface area (TPSA) is 122 Å². The Kier molecular flexibility index (Phi) is 8.09. The van der Waals surface area contributed by atoms with Crippen LogP contribution in [0.15, 0.2) is 40.9 Å². The number of aryl methyl sites for hydroxylation is 1. The molecule has 1 N–H and O–H groups in total. The van der Waals surface area contributed by atoms with Gasteiger partial charge in [-0.05, 0) is 36.4 Å². The number of nitrogens with one attached hydrogen (secondary N) is 1. The third kappa shape index (κ3) is 6.36. The molecule has 33 heavy (non-hydrogen) atoms. The summed E-state index contributed by atoms with van der Waals surface area (Å²) in [4.78, 5) is 28.7. The third-order valence-electron chi connectivity index (χ3n) is 4.35. The standard InChI is InChI=1S/C22H22ClN3O7/c1-4-19-25-21(33-26-19)12-32-22(28)13-5-7-17(18(9-13)30-3)31-11-20(27)24-15-10-14(23)6-8-16(15)29-2/h5-10H,4,11-12H2,1-3H3,(H,24,27). The summed E-state index contributed by atoms with van der Waals surface area (Å²) in [6.07, 6.45) is 0.612. The van der Waals surface area contributed by atoms with Gasteiger partial charge in [0.05, 0.1) is 25.5 Å². The van der Waals surface area contributed by atoms with E-state index in [-0.39, 0.29) is 36.2 Å². The number of nitrogens with zero attached hydrogens (tertiary/aromatic N) is 2. The predicted octanol–water partition coefficient (Wildman–Crippen LogP) is 3.68. The number of carbonyl (C=O) groups is 2. The Morgan fingerprint density at radius 2 is 1.82 bits per heavy atom. The van der Waals surface area contributed by atoms with Crippen LogP contribution in [0.25, 0.3) is 0 Å². The summed E-state index contributed by atoms with van der Waals surface area (Å²) < 4.78 is 26.2. The average molecular weight is 476 g/mol. The van der Waals surface area contributed by atoms with Crippen LogP contribution in [0.1, 0.15) is 29.0 Å². The van der Waals surface area contributed by atoms with Crippen LogP contribution in [0, 0.1) is 0 Å². The van der Waals surface area contributed by atoms with Crippen molar-refractivity contribution in [3.05, 3.63) is 58.7 Å². The number of aromatic nitrogens is 2. The highest BCUT2D eigenvalue weighted by atomic mass is 35.5. The molecule has 0 aliphatic carbocycles. The largest absolute Gasteiger partial charge is 0.495 e. The number of ether oxygens (including phenoxy) is 4. The van der Waals surface area contributed by atoms with E-state index in [1.54, 1.807) is 18.2 Å².